The van der Waals surface area contributed by atoms with E-state index in [1.807, 2.05) is 48.5 Å². The van der Waals surface area contributed by atoms with Gasteiger partial charge in [0.15, 0.2) is 6.10 Å². The predicted octanol–water partition coefficient (Wildman–Crippen LogP) is 3.15. The van der Waals surface area contributed by atoms with Crippen LogP contribution in [0.1, 0.15) is 29.9 Å². The van der Waals surface area contributed by atoms with Crippen LogP contribution < -0.4 is 10.6 Å². The lowest BCUT2D eigenvalue weighted by Gasteiger charge is -2.20. The van der Waals surface area contributed by atoms with Crippen molar-refractivity contribution in [3.05, 3.63) is 59.7 Å². The van der Waals surface area contributed by atoms with Gasteiger partial charge in [-0.15, -0.1) is 0 Å². The normalized spacial score (nSPS) is 19.6. The monoisotopic (exact) mass is 488 g/mol. The van der Waals surface area contributed by atoms with Gasteiger partial charge in [0.2, 0.25) is 5.91 Å². The van der Waals surface area contributed by atoms with Crippen molar-refractivity contribution in [2.75, 3.05) is 19.8 Å². The standard InChI is InChI=1S/C25H26F2N2O6/c26-23(27)20(11-21(30)28-12-14-9-10-34-22(14)24(31)32)29-25(33)35-13-19-17-7-3-1-5-15(17)16-6-2-4-8-18(16)19/h1-8,14,19-20,22-23H,9-13H2,(H,28,30)(H,29,33)(H,31,32)/t14-,20?,22-/m0/s1. The van der Waals surface area contributed by atoms with Gasteiger partial charge in [-0.3, -0.25) is 4.79 Å². The number of amides is 2. The average Bonchev–Trinajstić information content (AvgIpc) is 3.44. The Hall–Kier alpha value is -3.53. The van der Waals surface area contributed by atoms with Gasteiger partial charge in [-0.05, 0) is 28.7 Å². The van der Waals surface area contributed by atoms with Crippen LogP contribution in [0, 0.1) is 5.92 Å². The molecule has 2 aromatic rings. The molecular weight excluding hydrogens is 462 g/mol. The number of hydrogen-bond acceptors (Lipinski definition) is 5. The molecule has 0 bridgehead atoms. The lowest BCUT2D eigenvalue weighted by molar-refractivity contribution is -0.149. The second-order valence-electron chi connectivity index (χ2n) is 8.60. The van der Waals surface area contributed by atoms with Gasteiger partial charge in [-0.2, -0.15) is 0 Å². The van der Waals surface area contributed by atoms with Crippen LogP contribution in [0.15, 0.2) is 48.5 Å². The molecule has 0 radical (unpaired) electrons. The molecule has 0 saturated carbocycles. The van der Waals surface area contributed by atoms with E-state index in [4.69, 9.17) is 14.6 Å². The molecule has 2 aromatic carbocycles. The molecule has 1 heterocycles. The maximum absolute atomic E-state index is 13.5. The summed E-state index contributed by atoms with van der Waals surface area (Å²) in [5, 5.41) is 13.6. The summed E-state index contributed by atoms with van der Waals surface area (Å²) < 4.78 is 37.4. The molecule has 1 aliphatic heterocycles. The maximum Gasteiger partial charge on any atom is 0.407 e. The SMILES string of the molecule is O=C(CC(NC(=O)OCC1c2ccccc2-c2ccccc21)C(F)F)NC[C@@H]1CCO[C@@H]1C(=O)O. The fourth-order valence-electron chi connectivity index (χ4n) is 4.63. The van der Waals surface area contributed by atoms with Gasteiger partial charge in [0, 0.05) is 25.0 Å². The number of ether oxygens (including phenoxy) is 2. The predicted molar refractivity (Wildman–Crippen MR) is 121 cm³/mol. The summed E-state index contributed by atoms with van der Waals surface area (Å²) in [6, 6.07) is 13.7. The number of carboxylic acid groups (broad SMARTS) is 1. The average molecular weight is 488 g/mol. The summed E-state index contributed by atoms with van der Waals surface area (Å²) in [4.78, 5) is 35.7. The Morgan fingerprint density at radius 3 is 2.29 bits per heavy atom. The third-order valence-corrected chi connectivity index (χ3v) is 6.38. The lowest BCUT2D eigenvalue weighted by atomic mass is 9.98. The fourth-order valence-corrected chi connectivity index (χ4v) is 4.63. The van der Waals surface area contributed by atoms with Crippen LogP contribution in [0.5, 0.6) is 0 Å². The largest absolute Gasteiger partial charge is 0.479 e. The Morgan fingerprint density at radius 2 is 1.69 bits per heavy atom. The Bertz CT molecular complexity index is 1050. The minimum Gasteiger partial charge on any atom is -0.479 e. The highest BCUT2D eigenvalue weighted by Crippen LogP contribution is 2.44. The minimum absolute atomic E-state index is 0.0172. The van der Waals surface area contributed by atoms with E-state index in [9.17, 15) is 23.2 Å². The number of rotatable bonds is 9. The van der Waals surface area contributed by atoms with Crippen LogP contribution in [0.2, 0.25) is 0 Å². The highest BCUT2D eigenvalue weighted by molar-refractivity contribution is 5.80. The third-order valence-electron chi connectivity index (χ3n) is 6.38. The van der Waals surface area contributed by atoms with Gasteiger partial charge in [0.05, 0.1) is 6.42 Å². The number of alkyl halides is 2. The summed E-state index contributed by atoms with van der Waals surface area (Å²) in [5.41, 5.74) is 4.05. The van der Waals surface area contributed by atoms with E-state index in [2.05, 4.69) is 10.6 Å². The molecule has 1 saturated heterocycles. The summed E-state index contributed by atoms with van der Waals surface area (Å²) in [6.45, 7) is 0.192. The Labute approximate surface area is 200 Å². The van der Waals surface area contributed by atoms with Crippen molar-refractivity contribution in [3.63, 3.8) is 0 Å². The zero-order valence-corrected chi connectivity index (χ0v) is 18.8. The van der Waals surface area contributed by atoms with Gasteiger partial charge < -0.3 is 25.2 Å². The zero-order valence-electron chi connectivity index (χ0n) is 18.8. The fraction of sp³-hybridized carbons (Fsp3) is 0.400. The minimum atomic E-state index is -3.00. The molecule has 1 aliphatic carbocycles. The number of carbonyl (C=O) groups is 3. The number of benzene rings is 2. The number of alkyl carbamates (subject to hydrolysis) is 1. The van der Waals surface area contributed by atoms with E-state index >= 15 is 0 Å². The van der Waals surface area contributed by atoms with Crippen molar-refractivity contribution in [2.45, 2.75) is 37.3 Å². The molecule has 3 N–H and O–H groups in total. The Balaban J connectivity index is 1.30. The maximum atomic E-state index is 13.5. The van der Waals surface area contributed by atoms with E-state index < -0.39 is 48.9 Å². The molecule has 0 aromatic heterocycles. The first-order valence-electron chi connectivity index (χ1n) is 11.4. The molecule has 0 spiro atoms. The molecule has 2 amide bonds. The quantitative estimate of drug-likeness (QED) is 0.500. The summed E-state index contributed by atoms with van der Waals surface area (Å²) >= 11 is 0. The first-order valence-corrected chi connectivity index (χ1v) is 11.4. The van der Waals surface area contributed by atoms with Gasteiger partial charge in [0.1, 0.15) is 12.6 Å². The van der Waals surface area contributed by atoms with Crippen LogP contribution in [0.25, 0.3) is 11.1 Å². The van der Waals surface area contributed by atoms with Crippen molar-refractivity contribution < 1.29 is 37.7 Å². The number of carboxylic acids is 1. The number of halogens is 2. The first kappa shape index (κ1) is 24.6. The molecule has 1 unspecified atom stereocenters. The van der Waals surface area contributed by atoms with Gasteiger partial charge in [0.25, 0.3) is 6.43 Å². The summed E-state index contributed by atoms with van der Waals surface area (Å²) in [5.74, 6) is -2.54. The molecule has 10 heteroatoms. The highest BCUT2D eigenvalue weighted by Gasteiger charge is 2.35. The molecule has 186 valence electrons. The first-order chi connectivity index (χ1) is 16.8. The van der Waals surface area contributed by atoms with Crippen LogP contribution in [0.4, 0.5) is 13.6 Å². The lowest BCUT2D eigenvalue weighted by Crippen LogP contribution is -2.45. The van der Waals surface area contributed by atoms with Crippen LogP contribution >= 0.6 is 0 Å². The molecular formula is C25H26F2N2O6. The number of nitrogens with one attached hydrogen (secondary N) is 2. The van der Waals surface area contributed by atoms with Gasteiger partial charge in [-0.25, -0.2) is 18.4 Å². The van der Waals surface area contributed by atoms with E-state index in [0.29, 0.717) is 6.42 Å². The zero-order chi connectivity index (χ0) is 24.9. The molecule has 35 heavy (non-hydrogen) atoms. The van der Waals surface area contributed by atoms with Gasteiger partial charge >= 0.3 is 12.1 Å². The third kappa shape index (κ3) is 5.59. The molecule has 4 rings (SSSR count). The van der Waals surface area contributed by atoms with E-state index in [1.165, 1.54) is 0 Å². The Morgan fingerprint density at radius 1 is 1.06 bits per heavy atom. The van der Waals surface area contributed by atoms with Crippen molar-refractivity contribution >= 4 is 18.0 Å². The second-order valence-corrected chi connectivity index (χ2v) is 8.60. The Kier molecular flexibility index (Phi) is 7.60. The molecule has 8 nitrogen and oxygen atoms in total. The van der Waals surface area contributed by atoms with E-state index in [-0.39, 0.29) is 25.7 Å². The van der Waals surface area contributed by atoms with E-state index in [1.54, 1.807) is 0 Å². The smallest absolute Gasteiger partial charge is 0.407 e. The second kappa shape index (κ2) is 10.8. The number of aliphatic carboxylic acids is 1. The number of carbonyl (C=O) groups excluding carboxylic acids is 2. The number of hydrogen-bond donors (Lipinski definition) is 3. The molecule has 2 aliphatic rings. The van der Waals surface area contributed by atoms with Crippen molar-refractivity contribution in [1.29, 1.82) is 0 Å². The van der Waals surface area contributed by atoms with Crippen LogP contribution in [0.3, 0.4) is 0 Å². The van der Waals surface area contributed by atoms with E-state index in [0.717, 1.165) is 22.3 Å². The molecule has 1 fully saturated rings. The van der Waals surface area contributed by atoms with Crippen molar-refractivity contribution in [2.24, 2.45) is 5.92 Å². The summed E-state index contributed by atoms with van der Waals surface area (Å²) in [6.07, 6.45) is -5.32. The number of fused-ring (bicyclic) bond motifs is 3. The van der Waals surface area contributed by atoms with Crippen molar-refractivity contribution in [1.82, 2.24) is 10.6 Å². The topological polar surface area (TPSA) is 114 Å². The highest BCUT2D eigenvalue weighted by atomic mass is 19.3. The summed E-state index contributed by atoms with van der Waals surface area (Å²) in [7, 11) is 0. The van der Waals surface area contributed by atoms with Crippen LogP contribution in [-0.4, -0.2) is 61.4 Å². The molecule has 3 atom stereocenters. The van der Waals surface area contributed by atoms with Crippen molar-refractivity contribution in [3.8, 4) is 11.1 Å². The van der Waals surface area contributed by atoms with Crippen LogP contribution in [-0.2, 0) is 19.1 Å². The van der Waals surface area contributed by atoms with Gasteiger partial charge in [-0.1, -0.05) is 48.5 Å².